The van der Waals surface area contributed by atoms with Crippen molar-refractivity contribution >= 4 is 16.9 Å². The van der Waals surface area contributed by atoms with Gasteiger partial charge in [0.15, 0.2) is 0 Å². The van der Waals surface area contributed by atoms with Crippen LogP contribution in [0.3, 0.4) is 0 Å². The fourth-order valence-electron chi connectivity index (χ4n) is 3.84. The lowest BCUT2D eigenvalue weighted by Gasteiger charge is -2.17. The number of para-hydroxylation sites is 2. The topological polar surface area (TPSA) is 73.3 Å². The Labute approximate surface area is 151 Å². The molecule has 2 atom stereocenters. The molecule has 0 bridgehead atoms. The second kappa shape index (κ2) is 6.46. The van der Waals surface area contributed by atoms with Crippen LogP contribution in [0.4, 0.5) is 0 Å². The average Bonchev–Trinajstić information content (AvgIpc) is 3.17. The normalized spacial score (nSPS) is 20.0. The van der Waals surface area contributed by atoms with E-state index in [1.807, 2.05) is 54.6 Å². The van der Waals surface area contributed by atoms with E-state index in [9.17, 15) is 9.59 Å². The van der Waals surface area contributed by atoms with Gasteiger partial charge in [-0.2, -0.15) is 0 Å². The maximum Gasteiger partial charge on any atom is 0.329 e. The van der Waals surface area contributed by atoms with E-state index in [1.54, 1.807) is 21.1 Å². The zero-order chi connectivity index (χ0) is 18.3. The number of nitrogens with zero attached hydrogens (tertiary/aromatic N) is 3. The summed E-state index contributed by atoms with van der Waals surface area (Å²) >= 11 is 0. The van der Waals surface area contributed by atoms with Crippen LogP contribution >= 0.6 is 0 Å². The van der Waals surface area contributed by atoms with Crippen LogP contribution < -0.4 is 11.4 Å². The number of benzene rings is 2. The highest BCUT2D eigenvalue weighted by Crippen LogP contribution is 2.26. The minimum Gasteiger partial charge on any atom is -0.339 e. The number of amides is 1. The first kappa shape index (κ1) is 16.6. The Balaban J connectivity index is 1.57. The van der Waals surface area contributed by atoms with Gasteiger partial charge in [-0.3, -0.25) is 13.9 Å². The van der Waals surface area contributed by atoms with Gasteiger partial charge in [0.05, 0.1) is 11.0 Å². The van der Waals surface area contributed by atoms with Gasteiger partial charge in [0.1, 0.15) is 6.54 Å². The predicted octanol–water partition coefficient (Wildman–Crippen LogP) is 1.29. The third kappa shape index (κ3) is 2.72. The number of hydrogen-bond acceptors (Lipinski definition) is 3. The molecule has 2 N–H and O–H groups in total. The van der Waals surface area contributed by atoms with Crippen molar-refractivity contribution in [1.29, 1.82) is 0 Å². The quantitative estimate of drug-likeness (QED) is 0.774. The lowest BCUT2D eigenvalue weighted by atomic mass is 9.95. The number of carbonyl (C=O) groups excluding carboxylic acids is 1. The van der Waals surface area contributed by atoms with Crippen molar-refractivity contribution in [2.45, 2.75) is 18.5 Å². The highest BCUT2D eigenvalue weighted by Gasteiger charge is 2.34. The standard InChI is InChI=1S/C20H22N4O2/c1-22-17-9-5-6-10-18(17)24(20(22)26)13-19(25)23-11-15(16(21)12-23)14-7-3-2-4-8-14/h2-10,15-16H,11-13,21H2,1H3/t15-,16+/m0/s1. The first-order valence-electron chi connectivity index (χ1n) is 8.79. The van der Waals surface area contributed by atoms with Crippen molar-refractivity contribution in [2.75, 3.05) is 13.1 Å². The van der Waals surface area contributed by atoms with Gasteiger partial charge in [-0.25, -0.2) is 4.79 Å². The Kier molecular flexibility index (Phi) is 4.12. The number of hydrogen-bond donors (Lipinski definition) is 1. The smallest absolute Gasteiger partial charge is 0.329 e. The maximum absolute atomic E-state index is 12.8. The molecule has 1 saturated heterocycles. The predicted molar refractivity (Wildman–Crippen MR) is 101 cm³/mol. The van der Waals surface area contributed by atoms with Crippen molar-refractivity contribution in [3.05, 3.63) is 70.6 Å². The largest absolute Gasteiger partial charge is 0.339 e. The van der Waals surface area contributed by atoms with Crippen molar-refractivity contribution < 1.29 is 4.79 Å². The molecule has 1 aromatic heterocycles. The number of rotatable bonds is 3. The third-order valence-electron chi connectivity index (χ3n) is 5.29. The Bertz CT molecular complexity index is 1010. The van der Waals surface area contributed by atoms with Gasteiger partial charge in [0, 0.05) is 32.1 Å². The first-order chi connectivity index (χ1) is 12.6. The summed E-state index contributed by atoms with van der Waals surface area (Å²) in [6.45, 7) is 1.13. The van der Waals surface area contributed by atoms with Crippen LogP contribution in [0.15, 0.2) is 59.4 Å². The molecule has 1 fully saturated rings. The summed E-state index contributed by atoms with van der Waals surface area (Å²) < 4.78 is 3.12. The molecule has 26 heavy (non-hydrogen) atoms. The Hall–Kier alpha value is -2.86. The summed E-state index contributed by atoms with van der Waals surface area (Å²) in [6, 6.07) is 17.5. The number of imidazole rings is 1. The molecule has 0 saturated carbocycles. The number of carbonyl (C=O) groups is 1. The zero-order valence-corrected chi connectivity index (χ0v) is 14.7. The molecule has 1 amide bonds. The van der Waals surface area contributed by atoms with Gasteiger partial charge >= 0.3 is 5.69 Å². The van der Waals surface area contributed by atoms with Crippen LogP contribution in [0.25, 0.3) is 11.0 Å². The van der Waals surface area contributed by atoms with Gasteiger partial charge in [-0.15, -0.1) is 0 Å². The molecule has 2 heterocycles. The number of fused-ring (bicyclic) bond motifs is 1. The van der Waals surface area contributed by atoms with Gasteiger partial charge in [0.25, 0.3) is 0 Å². The van der Waals surface area contributed by atoms with E-state index in [0.29, 0.717) is 13.1 Å². The van der Waals surface area contributed by atoms with E-state index in [0.717, 1.165) is 16.6 Å². The maximum atomic E-state index is 12.8. The molecule has 1 aliphatic heterocycles. The highest BCUT2D eigenvalue weighted by atomic mass is 16.2. The first-order valence-corrected chi connectivity index (χ1v) is 8.79. The SMILES string of the molecule is Cn1c(=O)n(CC(=O)N2C[C@@H](N)[C@H](c3ccccc3)C2)c2ccccc21. The van der Waals surface area contributed by atoms with Gasteiger partial charge in [-0.1, -0.05) is 42.5 Å². The Morgan fingerprint density at radius 2 is 1.69 bits per heavy atom. The summed E-state index contributed by atoms with van der Waals surface area (Å²) in [4.78, 5) is 27.1. The lowest BCUT2D eigenvalue weighted by Crippen LogP contribution is -2.36. The summed E-state index contributed by atoms with van der Waals surface area (Å²) in [5, 5.41) is 0. The molecule has 134 valence electrons. The summed E-state index contributed by atoms with van der Waals surface area (Å²) in [5.41, 5.74) is 8.86. The highest BCUT2D eigenvalue weighted by molar-refractivity contribution is 5.81. The van der Waals surface area contributed by atoms with Crippen LogP contribution in [0.5, 0.6) is 0 Å². The van der Waals surface area contributed by atoms with E-state index >= 15 is 0 Å². The van der Waals surface area contributed by atoms with Crippen LogP contribution in [-0.4, -0.2) is 39.1 Å². The minimum atomic E-state index is -0.178. The fourth-order valence-corrected chi connectivity index (χ4v) is 3.84. The molecule has 6 nitrogen and oxygen atoms in total. The third-order valence-corrected chi connectivity index (χ3v) is 5.29. The molecule has 0 aliphatic carbocycles. The molecule has 1 aliphatic rings. The van der Waals surface area contributed by atoms with Crippen molar-refractivity contribution in [2.24, 2.45) is 12.8 Å². The molecule has 6 heteroatoms. The minimum absolute atomic E-state index is 0.0361. The Morgan fingerprint density at radius 3 is 2.42 bits per heavy atom. The van der Waals surface area contributed by atoms with E-state index < -0.39 is 0 Å². The van der Waals surface area contributed by atoms with Crippen LogP contribution in [-0.2, 0) is 18.4 Å². The molecule has 4 rings (SSSR count). The zero-order valence-electron chi connectivity index (χ0n) is 14.7. The summed E-state index contributed by atoms with van der Waals surface area (Å²) in [6.07, 6.45) is 0. The summed E-state index contributed by atoms with van der Waals surface area (Å²) in [5.74, 6) is 0.0572. The van der Waals surface area contributed by atoms with Crippen LogP contribution in [0.2, 0.25) is 0 Å². The molecule has 2 aromatic carbocycles. The molecular formula is C20H22N4O2. The van der Waals surface area contributed by atoms with Gasteiger partial charge < -0.3 is 10.6 Å². The molecular weight excluding hydrogens is 328 g/mol. The average molecular weight is 350 g/mol. The van der Waals surface area contributed by atoms with Crippen LogP contribution in [0, 0.1) is 0 Å². The van der Waals surface area contributed by atoms with Crippen molar-refractivity contribution in [1.82, 2.24) is 14.0 Å². The Morgan fingerprint density at radius 1 is 1.04 bits per heavy atom. The number of aryl methyl sites for hydroxylation is 1. The van der Waals surface area contributed by atoms with E-state index in [-0.39, 0.29) is 30.1 Å². The number of nitrogens with two attached hydrogens (primary N) is 1. The second-order valence-electron chi connectivity index (χ2n) is 6.90. The van der Waals surface area contributed by atoms with E-state index in [4.69, 9.17) is 5.73 Å². The fraction of sp³-hybridized carbons (Fsp3) is 0.300. The molecule has 0 radical (unpaired) electrons. The lowest BCUT2D eigenvalue weighted by molar-refractivity contribution is -0.130. The summed E-state index contributed by atoms with van der Waals surface area (Å²) in [7, 11) is 1.73. The van der Waals surface area contributed by atoms with E-state index in [1.165, 1.54) is 0 Å². The van der Waals surface area contributed by atoms with Gasteiger partial charge in [0.2, 0.25) is 5.91 Å². The monoisotopic (exact) mass is 350 g/mol. The second-order valence-corrected chi connectivity index (χ2v) is 6.90. The van der Waals surface area contributed by atoms with Crippen molar-refractivity contribution in [3.8, 4) is 0 Å². The molecule has 0 unspecified atom stereocenters. The number of aromatic nitrogens is 2. The van der Waals surface area contributed by atoms with E-state index in [2.05, 4.69) is 0 Å². The molecule has 3 aromatic rings. The van der Waals surface area contributed by atoms with Crippen LogP contribution in [0.1, 0.15) is 11.5 Å². The van der Waals surface area contributed by atoms with Crippen molar-refractivity contribution in [3.63, 3.8) is 0 Å². The number of likely N-dealkylation sites (tertiary alicyclic amines) is 1. The molecule has 0 spiro atoms. The van der Waals surface area contributed by atoms with Gasteiger partial charge in [-0.05, 0) is 17.7 Å².